The number of aliphatic imine (C=N–C) groups is 1. The highest BCUT2D eigenvalue weighted by atomic mass is 32.2. The van der Waals surface area contributed by atoms with E-state index in [4.69, 9.17) is 19.2 Å². The summed E-state index contributed by atoms with van der Waals surface area (Å²) >= 11 is 1.45. The number of rotatable bonds is 9. The number of amides is 1. The van der Waals surface area contributed by atoms with Crippen molar-refractivity contribution in [1.29, 1.82) is 0 Å². The Kier molecular flexibility index (Phi) is 8.07. The van der Waals surface area contributed by atoms with Crippen LogP contribution in [0.25, 0.3) is 0 Å². The SMILES string of the molecule is CCC1=C(C(=O)OC)[C@@H](c2ccc(OC)c(OC)c2)N2C(CC(=O)N[C@@H](C)CC)=CSC2=N1. The number of benzene rings is 1. The molecule has 2 aliphatic rings. The molecule has 0 aliphatic carbocycles. The molecule has 0 bridgehead atoms. The molecule has 1 N–H and O–H groups in total. The summed E-state index contributed by atoms with van der Waals surface area (Å²) in [5, 5.41) is 5.66. The van der Waals surface area contributed by atoms with E-state index in [0.29, 0.717) is 29.2 Å². The Hall–Kier alpha value is -2.94. The van der Waals surface area contributed by atoms with Gasteiger partial charge in [-0.25, -0.2) is 9.79 Å². The van der Waals surface area contributed by atoms with Crippen molar-refractivity contribution in [2.24, 2.45) is 4.99 Å². The zero-order chi connectivity index (χ0) is 24.1. The summed E-state index contributed by atoms with van der Waals surface area (Å²) in [5.41, 5.74) is 2.70. The fourth-order valence-corrected chi connectivity index (χ4v) is 4.78. The summed E-state index contributed by atoms with van der Waals surface area (Å²) < 4.78 is 16.1. The second-order valence-corrected chi connectivity index (χ2v) is 8.60. The van der Waals surface area contributed by atoms with Crippen molar-refractivity contribution < 1.29 is 23.8 Å². The first kappa shape index (κ1) is 24.7. The van der Waals surface area contributed by atoms with Crippen molar-refractivity contribution in [2.45, 2.75) is 52.1 Å². The molecule has 0 fully saturated rings. The number of allylic oxidation sites excluding steroid dienone is 1. The third kappa shape index (κ3) is 5.03. The molecule has 9 heteroatoms. The van der Waals surface area contributed by atoms with Crippen LogP contribution in [-0.4, -0.2) is 49.3 Å². The van der Waals surface area contributed by atoms with E-state index >= 15 is 0 Å². The summed E-state index contributed by atoms with van der Waals surface area (Å²) in [4.78, 5) is 32.4. The van der Waals surface area contributed by atoms with Crippen molar-refractivity contribution in [1.82, 2.24) is 10.2 Å². The Morgan fingerprint density at radius 1 is 1.18 bits per heavy atom. The quantitative estimate of drug-likeness (QED) is 0.539. The molecule has 0 unspecified atom stereocenters. The number of fused-ring (bicyclic) bond motifs is 1. The first-order valence-corrected chi connectivity index (χ1v) is 11.8. The normalized spacial score (nSPS) is 18.2. The zero-order valence-electron chi connectivity index (χ0n) is 19.9. The largest absolute Gasteiger partial charge is 0.493 e. The lowest BCUT2D eigenvalue weighted by molar-refractivity contribution is -0.136. The van der Waals surface area contributed by atoms with Crippen LogP contribution in [0.2, 0.25) is 0 Å². The molecule has 3 rings (SSSR count). The monoisotopic (exact) mass is 473 g/mol. The van der Waals surface area contributed by atoms with Crippen LogP contribution < -0.4 is 14.8 Å². The van der Waals surface area contributed by atoms with E-state index in [1.54, 1.807) is 14.2 Å². The number of esters is 1. The molecule has 2 atom stereocenters. The molecule has 0 saturated carbocycles. The molecule has 8 nitrogen and oxygen atoms in total. The van der Waals surface area contributed by atoms with Crippen LogP contribution in [0, 0.1) is 0 Å². The maximum Gasteiger partial charge on any atom is 0.338 e. The lowest BCUT2D eigenvalue weighted by atomic mass is 9.92. The van der Waals surface area contributed by atoms with E-state index in [-0.39, 0.29) is 18.4 Å². The Morgan fingerprint density at radius 3 is 2.52 bits per heavy atom. The van der Waals surface area contributed by atoms with E-state index in [2.05, 4.69) is 5.32 Å². The molecule has 178 valence electrons. The van der Waals surface area contributed by atoms with Gasteiger partial charge in [-0.1, -0.05) is 31.7 Å². The summed E-state index contributed by atoms with van der Waals surface area (Å²) in [6.45, 7) is 5.95. The zero-order valence-corrected chi connectivity index (χ0v) is 20.7. The standard InChI is InChI=1S/C24H31N3O5S/c1-7-14(3)25-20(28)12-16-13-33-24-26-17(8-2)21(23(29)32-6)22(27(16)24)15-9-10-18(30-4)19(11-15)31-5/h9-11,13-14,22H,7-8,12H2,1-6H3,(H,25,28)/t14-,22+/m0/s1. The maximum absolute atomic E-state index is 13.0. The molecule has 0 spiro atoms. The first-order chi connectivity index (χ1) is 15.9. The lowest BCUT2D eigenvalue weighted by Crippen LogP contribution is -2.39. The number of hydrogen-bond donors (Lipinski definition) is 1. The minimum atomic E-state index is -0.516. The number of methoxy groups -OCH3 is 3. The highest BCUT2D eigenvalue weighted by Crippen LogP contribution is 2.46. The van der Waals surface area contributed by atoms with Crippen LogP contribution >= 0.6 is 11.8 Å². The van der Waals surface area contributed by atoms with E-state index in [0.717, 1.165) is 22.8 Å². The van der Waals surface area contributed by atoms with Gasteiger partial charge in [0, 0.05) is 11.7 Å². The minimum Gasteiger partial charge on any atom is -0.493 e. The average molecular weight is 474 g/mol. The van der Waals surface area contributed by atoms with Crippen LogP contribution in [0.3, 0.4) is 0 Å². The number of hydrogen-bond acceptors (Lipinski definition) is 8. The predicted octanol–water partition coefficient (Wildman–Crippen LogP) is 4.15. The molecule has 0 aromatic heterocycles. The second-order valence-electron chi connectivity index (χ2n) is 7.77. The third-order valence-corrected chi connectivity index (χ3v) is 6.60. The van der Waals surface area contributed by atoms with Gasteiger partial charge >= 0.3 is 5.97 Å². The highest BCUT2D eigenvalue weighted by molar-refractivity contribution is 8.16. The lowest BCUT2D eigenvalue weighted by Gasteiger charge is -2.36. The molecule has 2 aliphatic heterocycles. The summed E-state index contributed by atoms with van der Waals surface area (Å²) in [6, 6.07) is 5.12. The number of ether oxygens (including phenoxy) is 3. The van der Waals surface area contributed by atoms with Gasteiger partial charge in [-0.15, -0.1) is 0 Å². The van der Waals surface area contributed by atoms with Crippen molar-refractivity contribution >= 4 is 28.8 Å². The Morgan fingerprint density at radius 2 is 1.91 bits per heavy atom. The van der Waals surface area contributed by atoms with Crippen molar-refractivity contribution in [3.05, 3.63) is 46.1 Å². The molecule has 2 heterocycles. The Labute approximate surface area is 199 Å². The number of carbonyl (C=O) groups excluding carboxylic acids is 2. The molecular weight excluding hydrogens is 442 g/mol. The van der Waals surface area contributed by atoms with E-state index in [1.807, 2.05) is 49.3 Å². The molecular formula is C24H31N3O5S. The summed E-state index contributed by atoms with van der Waals surface area (Å²) in [7, 11) is 4.51. The molecule has 0 radical (unpaired) electrons. The van der Waals surface area contributed by atoms with Gasteiger partial charge in [0.15, 0.2) is 16.7 Å². The van der Waals surface area contributed by atoms with Gasteiger partial charge in [0.1, 0.15) is 0 Å². The number of carbonyl (C=O) groups is 2. The van der Waals surface area contributed by atoms with E-state index < -0.39 is 12.0 Å². The average Bonchev–Trinajstić information content (AvgIpc) is 3.23. The smallest absolute Gasteiger partial charge is 0.338 e. The second kappa shape index (κ2) is 10.8. The fourth-order valence-electron chi connectivity index (χ4n) is 3.84. The van der Waals surface area contributed by atoms with Crippen LogP contribution in [0.1, 0.15) is 51.6 Å². The van der Waals surface area contributed by atoms with Gasteiger partial charge in [0.25, 0.3) is 0 Å². The van der Waals surface area contributed by atoms with Crippen LogP contribution in [0.4, 0.5) is 0 Å². The Bertz CT molecular complexity index is 1020. The summed E-state index contributed by atoms with van der Waals surface area (Å²) in [5.74, 6) is 0.612. The topological polar surface area (TPSA) is 89.5 Å². The minimum absolute atomic E-state index is 0.0756. The molecule has 33 heavy (non-hydrogen) atoms. The molecule has 1 aromatic carbocycles. The number of nitrogens with zero attached hydrogens (tertiary/aromatic N) is 2. The molecule has 1 aromatic rings. The predicted molar refractivity (Wildman–Crippen MR) is 129 cm³/mol. The van der Waals surface area contributed by atoms with E-state index in [9.17, 15) is 9.59 Å². The van der Waals surface area contributed by atoms with Gasteiger partial charge in [0.05, 0.1) is 45.1 Å². The van der Waals surface area contributed by atoms with Gasteiger partial charge in [0.2, 0.25) is 5.91 Å². The van der Waals surface area contributed by atoms with Crippen LogP contribution in [0.15, 0.2) is 45.6 Å². The maximum atomic E-state index is 13.0. The summed E-state index contributed by atoms with van der Waals surface area (Å²) in [6.07, 6.45) is 1.59. The van der Waals surface area contributed by atoms with Crippen LogP contribution in [0.5, 0.6) is 11.5 Å². The molecule has 1 amide bonds. The number of thioether (sulfide) groups is 1. The van der Waals surface area contributed by atoms with Crippen molar-refractivity contribution in [3.63, 3.8) is 0 Å². The van der Waals surface area contributed by atoms with Gasteiger partial charge in [-0.05, 0) is 42.9 Å². The van der Waals surface area contributed by atoms with Gasteiger partial charge in [-0.3, -0.25) is 4.79 Å². The van der Waals surface area contributed by atoms with Crippen molar-refractivity contribution in [2.75, 3.05) is 21.3 Å². The molecule has 0 saturated heterocycles. The Balaban J connectivity index is 2.09. The third-order valence-electron chi connectivity index (χ3n) is 5.71. The first-order valence-electron chi connectivity index (χ1n) is 10.9. The van der Waals surface area contributed by atoms with Gasteiger partial charge < -0.3 is 24.4 Å². The van der Waals surface area contributed by atoms with Crippen molar-refractivity contribution in [3.8, 4) is 11.5 Å². The van der Waals surface area contributed by atoms with Crippen LogP contribution in [-0.2, 0) is 14.3 Å². The number of amidine groups is 1. The van der Waals surface area contributed by atoms with E-state index in [1.165, 1.54) is 18.9 Å². The number of nitrogens with one attached hydrogen (secondary N) is 1. The fraction of sp³-hybridized carbons (Fsp3) is 0.458. The highest BCUT2D eigenvalue weighted by Gasteiger charge is 2.41. The van der Waals surface area contributed by atoms with Gasteiger partial charge in [-0.2, -0.15) is 0 Å².